The lowest BCUT2D eigenvalue weighted by Crippen LogP contribution is -2.36. The second-order valence-corrected chi connectivity index (χ2v) is 4.59. The average Bonchev–Trinajstić information content (AvgIpc) is 2.17. The highest BCUT2D eigenvalue weighted by molar-refractivity contribution is 4.74. The topological polar surface area (TPSA) is 21.3 Å². The van der Waals surface area contributed by atoms with E-state index in [0.717, 1.165) is 31.6 Å². The lowest BCUT2D eigenvalue weighted by Gasteiger charge is -2.28. The van der Waals surface area contributed by atoms with Crippen LogP contribution in [0.2, 0.25) is 0 Å². The van der Waals surface area contributed by atoms with Crippen LogP contribution in [0.5, 0.6) is 0 Å². The Bertz CT molecular complexity index is 136. The largest absolute Gasteiger partial charge is 0.382 e. The predicted molar refractivity (Wildman–Crippen MR) is 67.2 cm³/mol. The van der Waals surface area contributed by atoms with E-state index in [1.807, 2.05) is 0 Å². The summed E-state index contributed by atoms with van der Waals surface area (Å²) < 4.78 is 5.38. The molecule has 2 unspecified atom stereocenters. The number of nitrogens with one attached hydrogen (secondary N) is 1. The molecule has 0 rings (SSSR count). The van der Waals surface area contributed by atoms with Crippen LogP contribution < -0.4 is 5.32 Å². The number of hydrogen-bond donors (Lipinski definition) is 1. The first-order valence-corrected chi connectivity index (χ1v) is 6.44. The molecule has 0 aliphatic rings. The van der Waals surface area contributed by atoms with Gasteiger partial charge in [-0.1, -0.05) is 20.8 Å². The van der Waals surface area contributed by atoms with Gasteiger partial charge in [0.1, 0.15) is 0 Å². The van der Waals surface area contributed by atoms with Crippen LogP contribution in [0.25, 0.3) is 0 Å². The third-order valence-corrected chi connectivity index (χ3v) is 3.05. The van der Waals surface area contributed by atoms with Gasteiger partial charge in [0.25, 0.3) is 0 Å². The summed E-state index contributed by atoms with van der Waals surface area (Å²) in [6.45, 7) is 14.0. The van der Waals surface area contributed by atoms with E-state index >= 15 is 0 Å². The van der Waals surface area contributed by atoms with Crippen molar-refractivity contribution in [1.29, 1.82) is 0 Å². The standard InChI is InChI=1S/C13H29NO/c1-6-14-12(5)13(11(3)4)9-8-10-15-7-2/h11-14H,6-10H2,1-5H3. The molecule has 0 amide bonds. The van der Waals surface area contributed by atoms with Crippen molar-refractivity contribution < 1.29 is 4.74 Å². The molecule has 0 heterocycles. The van der Waals surface area contributed by atoms with Gasteiger partial charge in [-0.05, 0) is 45.1 Å². The van der Waals surface area contributed by atoms with E-state index in [2.05, 4.69) is 39.9 Å². The van der Waals surface area contributed by atoms with Crippen molar-refractivity contribution in [1.82, 2.24) is 5.32 Å². The minimum atomic E-state index is 0.622. The molecule has 2 atom stereocenters. The van der Waals surface area contributed by atoms with Crippen LogP contribution in [-0.4, -0.2) is 25.8 Å². The molecule has 92 valence electrons. The summed E-state index contributed by atoms with van der Waals surface area (Å²) in [5.74, 6) is 1.52. The first-order valence-electron chi connectivity index (χ1n) is 6.44. The van der Waals surface area contributed by atoms with Gasteiger partial charge in [-0.25, -0.2) is 0 Å². The van der Waals surface area contributed by atoms with Crippen LogP contribution in [-0.2, 0) is 4.74 Å². The molecule has 0 fully saturated rings. The van der Waals surface area contributed by atoms with Crippen molar-refractivity contribution in [2.45, 2.75) is 53.5 Å². The van der Waals surface area contributed by atoms with Gasteiger partial charge in [-0.3, -0.25) is 0 Å². The maximum Gasteiger partial charge on any atom is 0.0466 e. The summed E-state index contributed by atoms with van der Waals surface area (Å²) in [5, 5.41) is 3.53. The monoisotopic (exact) mass is 215 g/mol. The fraction of sp³-hybridized carbons (Fsp3) is 1.00. The highest BCUT2D eigenvalue weighted by Gasteiger charge is 2.19. The van der Waals surface area contributed by atoms with Crippen LogP contribution in [0, 0.1) is 11.8 Å². The molecule has 0 aliphatic heterocycles. The summed E-state index contributed by atoms with van der Waals surface area (Å²) in [7, 11) is 0. The minimum Gasteiger partial charge on any atom is -0.382 e. The Morgan fingerprint density at radius 1 is 1.13 bits per heavy atom. The van der Waals surface area contributed by atoms with Gasteiger partial charge in [-0.15, -0.1) is 0 Å². The molecular formula is C13H29NO. The molecule has 0 aromatic rings. The molecule has 0 aromatic carbocycles. The molecular weight excluding hydrogens is 186 g/mol. The summed E-state index contributed by atoms with van der Waals surface area (Å²) in [6, 6.07) is 0.622. The summed E-state index contributed by atoms with van der Waals surface area (Å²) in [5.41, 5.74) is 0. The molecule has 2 nitrogen and oxygen atoms in total. The Labute approximate surface area is 95.8 Å². The van der Waals surface area contributed by atoms with Crippen molar-refractivity contribution in [3.63, 3.8) is 0 Å². The summed E-state index contributed by atoms with van der Waals surface area (Å²) in [6.07, 6.45) is 2.46. The molecule has 2 heteroatoms. The normalized spacial score (nSPS) is 15.6. The van der Waals surface area contributed by atoms with Crippen molar-refractivity contribution >= 4 is 0 Å². The van der Waals surface area contributed by atoms with Crippen LogP contribution in [0.4, 0.5) is 0 Å². The molecule has 0 saturated heterocycles. The zero-order chi connectivity index (χ0) is 11.7. The van der Waals surface area contributed by atoms with E-state index in [1.54, 1.807) is 0 Å². The van der Waals surface area contributed by atoms with Crippen LogP contribution in [0.15, 0.2) is 0 Å². The van der Waals surface area contributed by atoms with Crippen LogP contribution >= 0.6 is 0 Å². The smallest absolute Gasteiger partial charge is 0.0466 e. The third-order valence-electron chi connectivity index (χ3n) is 3.05. The molecule has 0 radical (unpaired) electrons. The van der Waals surface area contributed by atoms with Gasteiger partial charge in [-0.2, -0.15) is 0 Å². The van der Waals surface area contributed by atoms with Crippen molar-refractivity contribution in [2.24, 2.45) is 11.8 Å². The Hall–Kier alpha value is -0.0800. The highest BCUT2D eigenvalue weighted by atomic mass is 16.5. The Kier molecular flexibility index (Phi) is 9.12. The molecule has 15 heavy (non-hydrogen) atoms. The van der Waals surface area contributed by atoms with E-state index in [0.29, 0.717) is 6.04 Å². The second kappa shape index (κ2) is 9.17. The first kappa shape index (κ1) is 14.9. The van der Waals surface area contributed by atoms with Crippen molar-refractivity contribution in [3.05, 3.63) is 0 Å². The quantitative estimate of drug-likeness (QED) is 0.597. The van der Waals surface area contributed by atoms with Crippen molar-refractivity contribution in [3.8, 4) is 0 Å². The maximum atomic E-state index is 5.38. The van der Waals surface area contributed by atoms with Crippen LogP contribution in [0.3, 0.4) is 0 Å². The van der Waals surface area contributed by atoms with Gasteiger partial charge < -0.3 is 10.1 Å². The molecule has 0 bridgehead atoms. The molecule has 0 spiro atoms. The van der Waals surface area contributed by atoms with E-state index < -0.39 is 0 Å². The maximum absolute atomic E-state index is 5.38. The third kappa shape index (κ3) is 6.91. The SMILES string of the molecule is CCNC(C)C(CCCOCC)C(C)C. The first-order chi connectivity index (χ1) is 7.13. The van der Waals surface area contributed by atoms with Gasteiger partial charge in [0.05, 0.1) is 0 Å². The Morgan fingerprint density at radius 2 is 1.80 bits per heavy atom. The zero-order valence-electron chi connectivity index (χ0n) is 11.2. The number of rotatable bonds is 9. The summed E-state index contributed by atoms with van der Waals surface area (Å²) >= 11 is 0. The van der Waals surface area contributed by atoms with Gasteiger partial charge in [0.2, 0.25) is 0 Å². The van der Waals surface area contributed by atoms with E-state index in [9.17, 15) is 0 Å². The van der Waals surface area contributed by atoms with Gasteiger partial charge in [0.15, 0.2) is 0 Å². The van der Waals surface area contributed by atoms with Crippen LogP contribution in [0.1, 0.15) is 47.5 Å². The highest BCUT2D eigenvalue weighted by Crippen LogP contribution is 2.21. The predicted octanol–water partition coefficient (Wildman–Crippen LogP) is 3.07. The molecule has 0 aliphatic carbocycles. The fourth-order valence-electron chi connectivity index (χ4n) is 2.20. The van der Waals surface area contributed by atoms with E-state index in [4.69, 9.17) is 4.74 Å². The van der Waals surface area contributed by atoms with E-state index in [1.165, 1.54) is 12.8 Å². The Balaban J connectivity index is 3.82. The van der Waals surface area contributed by atoms with Crippen molar-refractivity contribution in [2.75, 3.05) is 19.8 Å². The lowest BCUT2D eigenvalue weighted by atomic mass is 9.85. The Morgan fingerprint density at radius 3 is 2.27 bits per heavy atom. The van der Waals surface area contributed by atoms with E-state index in [-0.39, 0.29) is 0 Å². The number of hydrogen-bond acceptors (Lipinski definition) is 2. The minimum absolute atomic E-state index is 0.622. The summed E-state index contributed by atoms with van der Waals surface area (Å²) in [4.78, 5) is 0. The molecule has 0 saturated carbocycles. The average molecular weight is 215 g/mol. The zero-order valence-corrected chi connectivity index (χ0v) is 11.2. The van der Waals surface area contributed by atoms with Gasteiger partial charge >= 0.3 is 0 Å². The van der Waals surface area contributed by atoms with Gasteiger partial charge in [0, 0.05) is 19.3 Å². The second-order valence-electron chi connectivity index (χ2n) is 4.59. The lowest BCUT2D eigenvalue weighted by molar-refractivity contribution is 0.133. The fourth-order valence-corrected chi connectivity index (χ4v) is 2.20. The molecule has 0 aromatic heterocycles. The molecule has 1 N–H and O–H groups in total. The number of ether oxygens (including phenoxy) is 1.